The fourth-order valence-corrected chi connectivity index (χ4v) is 4.81. The van der Waals surface area contributed by atoms with E-state index in [9.17, 15) is 24.3 Å². The molecule has 1 saturated heterocycles. The summed E-state index contributed by atoms with van der Waals surface area (Å²) in [7, 11) is 0. The van der Waals surface area contributed by atoms with E-state index < -0.39 is 29.3 Å². The molecule has 0 aliphatic carbocycles. The Hall–Kier alpha value is -1.33. The number of β-lactam (4-membered cyclic amide) rings is 1. The monoisotopic (exact) mass is 420 g/mol. The van der Waals surface area contributed by atoms with Crippen LogP contribution in [0.1, 0.15) is 13.2 Å². The van der Waals surface area contributed by atoms with Gasteiger partial charge in [0.2, 0.25) is 5.91 Å². The van der Waals surface area contributed by atoms with Crippen molar-refractivity contribution in [3.05, 3.63) is 33.7 Å². The number of carbonyl (C=O) groups is 4. The van der Waals surface area contributed by atoms with E-state index in [2.05, 4.69) is 5.32 Å². The first kappa shape index (κ1) is 22.0. The van der Waals surface area contributed by atoms with Gasteiger partial charge in [0.15, 0.2) is 0 Å². The van der Waals surface area contributed by atoms with Gasteiger partial charge < -0.3 is 16.6 Å². The number of hydrogen-bond acceptors (Lipinski definition) is 7. The molecule has 1 aromatic heterocycles. The Morgan fingerprint density at radius 1 is 1.44 bits per heavy atom. The maximum absolute atomic E-state index is 12.4. The Balaban J connectivity index is 0.00000196. The molecule has 3 rings (SSSR count). The van der Waals surface area contributed by atoms with E-state index in [1.807, 2.05) is 17.5 Å². The molecule has 0 saturated carbocycles. The van der Waals surface area contributed by atoms with Crippen LogP contribution in [-0.4, -0.2) is 57.5 Å². The zero-order valence-electron chi connectivity index (χ0n) is 15.8. The summed E-state index contributed by atoms with van der Waals surface area (Å²) in [5, 5.41) is 13.5. The summed E-state index contributed by atoms with van der Waals surface area (Å²) in [5.74, 6) is -2.23. The largest absolute Gasteiger partial charge is 1.00 e. The zero-order valence-corrected chi connectivity index (χ0v) is 18.4. The number of carboxylic acids is 1. The normalized spacial score (nSPS) is 20.9. The predicted octanol–water partition coefficient (Wildman–Crippen LogP) is -2.29. The minimum absolute atomic E-state index is 0. The number of ether oxygens (including phenoxy) is 1. The van der Waals surface area contributed by atoms with Crippen LogP contribution in [0.3, 0.4) is 0 Å². The molecule has 1 aromatic rings. The molecule has 1 fully saturated rings. The van der Waals surface area contributed by atoms with Crippen molar-refractivity contribution in [2.75, 3.05) is 12.4 Å². The van der Waals surface area contributed by atoms with E-state index in [4.69, 9.17) is 4.74 Å². The summed E-state index contributed by atoms with van der Waals surface area (Å²) in [6.45, 7) is 1.06. The molecular weight excluding hydrogens is 403 g/mol. The van der Waals surface area contributed by atoms with Gasteiger partial charge in [-0.15, -0.1) is 23.1 Å². The van der Waals surface area contributed by atoms with Crippen LogP contribution in [0, 0.1) is 0 Å². The third-order valence-corrected chi connectivity index (χ3v) is 6.15. The fourth-order valence-electron chi connectivity index (χ4n) is 2.78. The van der Waals surface area contributed by atoms with Crippen molar-refractivity contribution in [2.24, 2.45) is 0 Å². The van der Waals surface area contributed by atoms with Gasteiger partial charge in [-0.25, -0.2) is 4.79 Å². The molecule has 2 aliphatic rings. The Labute approximate surface area is 187 Å². The minimum atomic E-state index is -1.26. The van der Waals surface area contributed by atoms with Crippen molar-refractivity contribution < 1.29 is 60.0 Å². The van der Waals surface area contributed by atoms with Gasteiger partial charge in [-0.1, -0.05) is 6.07 Å². The average Bonchev–Trinajstić information content (AvgIpc) is 3.09. The number of hydrogen-bond donors (Lipinski definition) is 2. The molecule has 2 N–H and O–H groups in total. The van der Waals surface area contributed by atoms with E-state index in [0.29, 0.717) is 11.3 Å². The number of fused-ring (bicyclic) bond motifs is 1. The molecule has 140 valence electrons. The van der Waals surface area contributed by atoms with Crippen LogP contribution >= 0.6 is 23.1 Å². The number of rotatable bonds is 6. The first-order valence-corrected chi connectivity index (χ1v) is 9.66. The number of esters is 1. The second-order valence-electron chi connectivity index (χ2n) is 5.75. The summed E-state index contributed by atoms with van der Waals surface area (Å²) in [6.07, 6.45) is 0.179. The summed E-state index contributed by atoms with van der Waals surface area (Å²) in [6, 6.07) is 2.92. The molecule has 11 heteroatoms. The second kappa shape index (κ2) is 9.24. The summed E-state index contributed by atoms with van der Waals surface area (Å²) in [5.41, 5.74) is 0.203. The molecular formula is C16H17N2NaO6S2. The summed E-state index contributed by atoms with van der Waals surface area (Å²) in [4.78, 5) is 49.2. The first-order chi connectivity index (χ1) is 12.4. The molecule has 27 heavy (non-hydrogen) atoms. The number of amides is 2. The molecule has 2 aliphatic heterocycles. The SMILES string of the molecule is CC(=O)OCC1=C(C(=O)O)N2C(=O)[C@@H](NC(=O)Cc3cccs3)[C@H]2SC1.[H-].[Na+]. The van der Waals surface area contributed by atoms with Crippen molar-refractivity contribution >= 4 is 46.9 Å². The topological polar surface area (TPSA) is 113 Å². The molecule has 0 radical (unpaired) electrons. The fraction of sp³-hybridized carbons (Fsp3) is 0.375. The third-order valence-electron chi connectivity index (χ3n) is 3.93. The van der Waals surface area contributed by atoms with E-state index in [1.165, 1.54) is 30.0 Å². The second-order valence-corrected chi connectivity index (χ2v) is 7.89. The van der Waals surface area contributed by atoms with Gasteiger partial charge in [-0.05, 0) is 11.4 Å². The van der Waals surface area contributed by atoms with Gasteiger partial charge in [-0.2, -0.15) is 0 Å². The number of aliphatic carboxylic acids is 1. The van der Waals surface area contributed by atoms with Gasteiger partial charge >= 0.3 is 41.5 Å². The molecule has 2 amide bonds. The van der Waals surface area contributed by atoms with Crippen molar-refractivity contribution in [3.8, 4) is 0 Å². The minimum Gasteiger partial charge on any atom is -1.00 e. The Bertz CT molecular complexity index is 801. The van der Waals surface area contributed by atoms with Crippen LogP contribution in [0.5, 0.6) is 0 Å². The summed E-state index contributed by atoms with van der Waals surface area (Å²) >= 11 is 2.79. The average molecular weight is 420 g/mol. The first-order valence-electron chi connectivity index (χ1n) is 7.73. The molecule has 0 aromatic carbocycles. The van der Waals surface area contributed by atoms with Crippen molar-refractivity contribution in [2.45, 2.75) is 24.8 Å². The van der Waals surface area contributed by atoms with Crippen molar-refractivity contribution in [1.82, 2.24) is 10.2 Å². The zero-order chi connectivity index (χ0) is 18.8. The summed E-state index contributed by atoms with van der Waals surface area (Å²) < 4.78 is 4.87. The van der Waals surface area contributed by atoms with Gasteiger partial charge in [0.25, 0.3) is 5.91 Å². The number of nitrogens with one attached hydrogen (secondary N) is 1. The molecule has 0 spiro atoms. The van der Waals surface area contributed by atoms with E-state index >= 15 is 0 Å². The van der Waals surface area contributed by atoms with Gasteiger partial charge in [0.1, 0.15) is 23.7 Å². The van der Waals surface area contributed by atoms with Crippen molar-refractivity contribution in [3.63, 3.8) is 0 Å². The number of thioether (sulfide) groups is 1. The van der Waals surface area contributed by atoms with Crippen LogP contribution < -0.4 is 34.9 Å². The Morgan fingerprint density at radius 3 is 2.78 bits per heavy atom. The van der Waals surface area contributed by atoms with Crippen LogP contribution in [0.25, 0.3) is 0 Å². The maximum atomic E-state index is 12.4. The van der Waals surface area contributed by atoms with Crippen LogP contribution in [0.2, 0.25) is 0 Å². The molecule has 2 atom stereocenters. The maximum Gasteiger partial charge on any atom is 1.00 e. The third kappa shape index (κ3) is 4.75. The van der Waals surface area contributed by atoms with E-state index in [1.54, 1.807) is 0 Å². The van der Waals surface area contributed by atoms with E-state index in [-0.39, 0.29) is 55.6 Å². The quantitative estimate of drug-likeness (QED) is 0.303. The number of carbonyl (C=O) groups excluding carboxylic acids is 3. The number of nitrogens with zero attached hydrogens (tertiary/aromatic N) is 1. The Morgan fingerprint density at radius 2 is 2.19 bits per heavy atom. The molecule has 8 nitrogen and oxygen atoms in total. The number of carboxylic acid groups (broad SMARTS) is 1. The number of thiophene rings is 1. The molecule has 3 heterocycles. The smallest absolute Gasteiger partial charge is 1.00 e. The van der Waals surface area contributed by atoms with E-state index in [0.717, 1.165) is 9.78 Å². The Kier molecular flexibility index (Phi) is 7.52. The van der Waals surface area contributed by atoms with Crippen LogP contribution in [-0.2, 0) is 30.3 Å². The van der Waals surface area contributed by atoms with Crippen LogP contribution in [0.4, 0.5) is 0 Å². The van der Waals surface area contributed by atoms with Crippen molar-refractivity contribution in [1.29, 1.82) is 0 Å². The van der Waals surface area contributed by atoms with Gasteiger partial charge in [0, 0.05) is 23.1 Å². The molecule has 0 unspecified atom stereocenters. The standard InChI is InChI=1S/C16H16N2O6S2.Na.H/c1-8(19)24-6-9-7-26-15-12(14(21)18(15)13(9)16(22)23)17-11(20)5-10-3-2-4-25-10;;/h2-4,12,15H,5-7H2,1H3,(H,17,20)(H,22,23);;/q;+1;-1/t12-,15-;;/m1../s1. The van der Waals surface area contributed by atoms with Gasteiger partial charge in [0.05, 0.1) is 6.42 Å². The molecule has 0 bridgehead atoms. The predicted molar refractivity (Wildman–Crippen MR) is 95.5 cm³/mol. The van der Waals surface area contributed by atoms with Crippen LogP contribution in [0.15, 0.2) is 28.8 Å². The van der Waals surface area contributed by atoms with Gasteiger partial charge in [-0.3, -0.25) is 19.3 Å².